The molecule has 0 bridgehead atoms. The molecule has 3 nitrogen and oxygen atoms in total. The van der Waals surface area contributed by atoms with Crippen molar-refractivity contribution < 1.29 is 5.11 Å². The predicted octanol–water partition coefficient (Wildman–Crippen LogP) is 6.92. The second-order valence-corrected chi connectivity index (χ2v) is 5.82. The van der Waals surface area contributed by atoms with E-state index in [2.05, 4.69) is 10.2 Å². The Labute approximate surface area is 141 Å². The maximum atomic E-state index is 9.87. The Bertz CT molecular complexity index is 871. The summed E-state index contributed by atoms with van der Waals surface area (Å²) in [6.07, 6.45) is 0. The Kier molecular flexibility index (Phi) is 4.21. The molecule has 0 spiro atoms. The Morgan fingerprint density at radius 1 is 0.773 bits per heavy atom. The third-order valence-corrected chi connectivity index (χ3v) is 3.91. The van der Waals surface area contributed by atoms with E-state index in [1.165, 1.54) is 0 Å². The van der Waals surface area contributed by atoms with Crippen molar-refractivity contribution in [2.75, 3.05) is 0 Å². The van der Waals surface area contributed by atoms with Gasteiger partial charge in [0.05, 0.1) is 15.7 Å². The molecule has 110 valence electrons. The summed E-state index contributed by atoms with van der Waals surface area (Å²) in [4.78, 5) is 0. The molecule has 3 aromatic carbocycles. The zero-order chi connectivity index (χ0) is 15.7. The van der Waals surface area contributed by atoms with Crippen LogP contribution in [-0.2, 0) is 0 Å². The van der Waals surface area contributed by atoms with E-state index in [1.807, 2.05) is 24.3 Å². The molecule has 1 N–H and O–H groups in total. The normalized spacial score (nSPS) is 11.4. The van der Waals surface area contributed by atoms with Gasteiger partial charge in [0.1, 0.15) is 11.4 Å². The van der Waals surface area contributed by atoms with Crippen molar-refractivity contribution in [3.8, 4) is 5.75 Å². The van der Waals surface area contributed by atoms with Gasteiger partial charge in [0, 0.05) is 15.8 Å². The van der Waals surface area contributed by atoms with Crippen molar-refractivity contribution in [1.29, 1.82) is 0 Å². The summed E-state index contributed by atoms with van der Waals surface area (Å²) < 4.78 is 0. The van der Waals surface area contributed by atoms with Gasteiger partial charge in [-0.1, -0.05) is 59.1 Å². The number of azo groups is 1. The minimum Gasteiger partial charge on any atom is -0.507 e. The molecule has 0 aliphatic carbocycles. The molecule has 0 aromatic heterocycles. The smallest absolute Gasteiger partial charge is 0.123 e. The second kappa shape index (κ2) is 6.13. The molecule has 0 aliphatic rings. The van der Waals surface area contributed by atoms with E-state index in [0.717, 1.165) is 5.39 Å². The lowest BCUT2D eigenvalue weighted by Crippen LogP contribution is -1.76. The molecule has 0 saturated heterocycles. The molecule has 3 aromatic rings. The van der Waals surface area contributed by atoms with Crippen LogP contribution < -0.4 is 0 Å². The molecule has 0 amide bonds. The van der Waals surface area contributed by atoms with Crippen LogP contribution in [0, 0.1) is 0 Å². The molecule has 0 radical (unpaired) electrons. The van der Waals surface area contributed by atoms with Crippen LogP contribution in [0.2, 0.25) is 15.1 Å². The molecule has 0 unspecified atom stereocenters. The van der Waals surface area contributed by atoms with Gasteiger partial charge in [-0.15, -0.1) is 10.2 Å². The molecule has 3 rings (SSSR count). The summed E-state index contributed by atoms with van der Waals surface area (Å²) in [7, 11) is 0. The number of hydrogen-bond acceptors (Lipinski definition) is 3. The van der Waals surface area contributed by atoms with Crippen LogP contribution in [0.5, 0.6) is 5.75 Å². The highest BCUT2D eigenvalue weighted by molar-refractivity contribution is 6.41. The lowest BCUT2D eigenvalue weighted by atomic mass is 10.1. The second-order valence-electron chi connectivity index (χ2n) is 4.57. The van der Waals surface area contributed by atoms with Crippen molar-refractivity contribution in [3.63, 3.8) is 0 Å². The fraction of sp³-hybridized carbons (Fsp3) is 0. The van der Waals surface area contributed by atoms with Gasteiger partial charge in [-0.3, -0.25) is 0 Å². The quantitative estimate of drug-likeness (QED) is 0.500. The van der Waals surface area contributed by atoms with Gasteiger partial charge in [-0.25, -0.2) is 0 Å². The minimum absolute atomic E-state index is 0.192. The van der Waals surface area contributed by atoms with Gasteiger partial charge in [-0.2, -0.15) is 0 Å². The van der Waals surface area contributed by atoms with E-state index >= 15 is 0 Å². The topological polar surface area (TPSA) is 45.0 Å². The zero-order valence-electron chi connectivity index (χ0n) is 11.1. The lowest BCUT2D eigenvalue weighted by Gasteiger charge is -2.04. The van der Waals surface area contributed by atoms with Gasteiger partial charge in [0.15, 0.2) is 0 Å². The highest BCUT2D eigenvalue weighted by Gasteiger charge is 2.08. The number of halogens is 3. The first-order valence-electron chi connectivity index (χ1n) is 6.33. The molecule has 0 atom stereocenters. The van der Waals surface area contributed by atoms with E-state index < -0.39 is 0 Å². The molecular formula is C16H9Cl3N2O. The summed E-state index contributed by atoms with van der Waals surface area (Å²) in [5, 5.41) is 20.8. The van der Waals surface area contributed by atoms with Crippen LogP contribution in [0.4, 0.5) is 11.4 Å². The van der Waals surface area contributed by atoms with Gasteiger partial charge >= 0.3 is 0 Å². The van der Waals surface area contributed by atoms with E-state index in [4.69, 9.17) is 34.8 Å². The highest BCUT2D eigenvalue weighted by atomic mass is 35.5. The van der Waals surface area contributed by atoms with Gasteiger partial charge in [0.2, 0.25) is 0 Å². The van der Waals surface area contributed by atoms with Crippen LogP contribution in [0.1, 0.15) is 0 Å². The molecule has 0 fully saturated rings. The van der Waals surface area contributed by atoms with Gasteiger partial charge < -0.3 is 5.11 Å². The lowest BCUT2D eigenvalue weighted by molar-refractivity contribution is 0.481. The van der Waals surface area contributed by atoms with Crippen molar-refractivity contribution >= 4 is 57.0 Å². The molecule has 0 aliphatic heterocycles. The number of nitrogens with zero attached hydrogens (tertiary/aromatic N) is 2. The standard InChI is InChI=1S/C16H9Cl3N2O/c17-9-7-12(18)16(13(19)8-9)21-20-14-5-6-15(22)11-4-2-1-3-10(11)14/h1-8,22H. The van der Waals surface area contributed by atoms with E-state index in [-0.39, 0.29) is 5.75 Å². The Hall–Kier alpha value is -1.81. The summed E-state index contributed by atoms with van der Waals surface area (Å²) in [5.41, 5.74) is 0.959. The molecule has 22 heavy (non-hydrogen) atoms. The Morgan fingerprint density at radius 3 is 2.09 bits per heavy atom. The number of benzene rings is 3. The van der Waals surface area contributed by atoms with Gasteiger partial charge in [-0.05, 0) is 24.3 Å². The molecule has 0 heterocycles. The van der Waals surface area contributed by atoms with Crippen molar-refractivity contribution in [2.24, 2.45) is 10.2 Å². The number of hydrogen-bond donors (Lipinski definition) is 1. The average Bonchev–Trinajstić information content (AvgIpc) is 2.48. The molecule has 6 heteroatoms. The van der Waals surface area contributed by atoms with Crippen LogP contribution in [0.15, 0.2) is 58.8 Å². The molecular weight excluding hydrogens is 343 g/mol. The van der Waals surface area contributed by atoms with E-state index in [0.29, 0.717) is 31.8 Å². The molecule has 0 saturated carbocycles. The zero-order valence-corrected chi connectivity index (χ0v) is 13.4. The number of fused-ring (bicyclic) bond motifs is 1. The first-order valence-corrected chi connectivity index (χ1v) is 7.46. The van der Waals surface area contributed by atoms with E-state index in [9.17, 15) is 5.11 Å². The number of rotatable bonds is 2. The van der Waals surface area contributed by atoms with Crippen LogP contribution in [0.25, 0.3) is 10.8 Å². The fourth-order valence-electron chi connectivity index (χ4n) is 2.09. The maximum absolute atomic E-state index is 9.87. The van der Waals surface area contributed by atoms with Crippen LogP contribution >= 0.6 is 34.8 Å². The van der Waals surface area contributed by atoms with E-state index in [1.54, 1.807) is 24.3 Å². The monoisotopic (exact) mass is 350 g/mol. The predicted molar refractivity (Wildman–Crippen MR) is 91.3 cm³/mol. The Balaban J connectivity index is 2.09. The summed E-state index contributed by atoms with van der Waals surface area (Å²) in [6.45, 7) is 0. The minimum atomic E-state index is 0.192. The number of phenolic OH excluding ortho intramolecular Hbond substituents is 1. The van der Waals surface area contributed by atoms with Crippen LogP contribution in [0.3, 0.4) is 0 Å². The van der Waals surface area contributed by atoms with Gasteiger partial charge in [0.25, 0.3) is 0 Å². The first-order chi connectivity index (χ1) is 10.6. The Morgan fingerprint density at radius 2 is 1.41 bits per heavy atom. The van der Waals surface area contributed by atoms with Crippen molar-refractivity contribution in [2.45, 2.75) is 0 Å². The number of aromatic hydroxyl groups is 1. The van der Waals surface area contributed by atoms with Crippen molar-refractivity contribution in [1.82, 2.24) is 0 Å². The van der Waals surface area contributed by atoms with Crippen LogP contribution in [-0.4, -0.2) is 5.11 Å². The largest absolute Gasteiger partial charge is 0.507 e. The summed E-state index contributed by atoms with van der Waals surface area (Å²) in [6, 6.07) is 13.7. The van der Waals surface area contributed by atoms with Crippen molar-refractivity contribution in [3.05, 3.63) is 63.6 Å². The third kappa shape index (κ3) is 2.88. The number of phenols is 1. The summed E-state index contributed by atoms with van der Waals surface area (Å²) in [5.74, 6) is 0.192. The maximum Gasteiger partial charge on any atom is 0.123 e. The summed E-state index contributed by atoms with van der Waals surface area (Å²) >= 11 is 18.0. The SMILES string of the molecule is Oc1ccc(N=Nc2c(Cl)cc(Cl)cc2Cl)c2ccccc12. The third-order valence-electron chi connectivity index (χ3n) is 3.12. The average molecular weight is 352 g/mol. The first kappa shape index (κ1) is 15.1. The highest BCUT2D eigenvalue weighted by Crippen LogP contribution is 2.38. The fourth-order valence-corrected chi connectivity index (χ4v) is 2.98.